The SMILES string of the molecule is Cc1cccc(CNC2CCCC2N)c1. The second-order valence-electron chi connectivity index (χ2n) is 4.57. The molecule has 2 unspecified atom stereocenters. The maximum Gasteiger partial charge on any atom is 0.0222 e. The summed E-state index contributed by atoms with van der Waals surface area (Å²) in [5.74, 6) is 0. The molecule has 2 rings (SSSR count). The van der Waals surface area contributed by atoms with Crippen LogP contribution in [-0.4, -0.2) is 12.1 Å². The lowest BCUT2D eigenvalue weighted by Gasteiger charge is -2.17. The summed E-state index contributed by atoms with van der Waals surface area (Å²) in [6.07, 6.45) is 3.67. The molecule has 1 aliphatic rings. The minimum Gasteiger partial charge on any atom is -0.326 e. The molecular formula is C13H20N2. The van der Waals surface area contributed by atoms with Gasteiger partial charge in [-0.3, -0.25) is 0 Å². The van der Waals surface area contributed by atoms with Crippen LogP contribution in [0, 0.1) is 6.92 Å². The van der Waals surface area contributed by atoms with Crippen molar-refractivity contribution in [2.75, 3.05) is 0 Å². The number of rotatable bonds is 3. The monoisotopic (exact) mass is 204 g/mol. The Morgan fingerprint density at radius 1 is 1.40 bits per heavy atom. The van der Waals surface area contributed by atoms with Gasteiger partial charge in [-0.2, -0.15) is 0 Å². The molecule has 2 nitrogen and oxygen atoms in total. The third-order valence-electron chi connectivity index (χ3n) is 3.22. The lowest BCUT2D eigenvalue weighted by Crippen LogP contribution is -2.40. The Morgan fingerprint density at radius 3 is 2.93 bits per heavy atom. The molecule has 0 spiro atoms. The van der Waals surface area contributed by atoms with Crippen LogP contribution in [0.2, 0.25) is 0 Å². The van der Waals surface area contributed by atoms with E-state index in [1.165, 1.54) is 30.4 Å². The summed E-state index contributed by atoms with van der Waals surface area (Å²) in [7, 11) is 0. The first-order chi connectivity index (χ1) is 7.25. The molecular weight excluding hydrogens is 184 g/mol. The highest BCUT2D eigenvalue weighted by Gasteiger charge is 2.22. The van der Waals surface area contributed by atoms with Crippen molar-refractivity contribution in [3.05, 3.63) is 35.4 Å². The van der Waals surface area contributed by atoms with Crippen molar-refractivity contribution < 1.29 is 0 Å². The van der Waals surface area contributed by atoms with E-state index in [0.717, 1.165) is 6.54 Å². The fourth-order valence-corrected chi connectivity index (χ4v) is 2.31. The molecule has 1 saturated carbocycles. The smallest absolute Gasteiger partial charge is 0.0222 e. The quantitative estimate of drug-likeness (QED) is 0.790. The highest BCUT2D eigenvalue weighted by molar-refractivity contribution is 5.22. The van der Waals surface area contributed by atoms with E-state index in [-0.39, 0.29) is 0 Å². The highest BCUT2D eigenvalue weighted by Crippen LogP contribution is 2.17. The first-order valence-electron chi connectivity index (χ1n) is 5.80. The van der Waals surface area contributed by atoms with Gasteiger partial charge in [0.2, 0.25) is 0 Å². The van der Waals surface area contributed by atoms with Gasteiger partial charge in [0.05, 0.1) is 0 Å². The molecule has 0 aromatic heterocycles. The van der Waals surface area contributed by atoms with Crippen molar-refractivity contribution in [3.63, 3.8) is 0 Å². The van der Waals surface area contributed by atoms with Gasteiger partial charge in [-0.15, -0.1) is 0 Å². The van der Waals surface area contributed by atoms with Gasteiger partial charge in [0.1, 0.15) is 0 Å². The van der Waals surface area contributed by atoms with Crippen LogP contribution in [0.5, 0.6) is 0 Å². The predicted octanol–water partition coefficient (Wildman–Crippen LogP) is 1.96. The van der Waals surface area contributed by atoms with E-state index in [4.69, 9.17) is 5.73 Å². The third-order valence-corrected chi connectivity index (χ3v) is 3.22. The first-order valence-corrected chi connectivity index (χ1v) is 5.80. The Morgan fingerprint density at radius 2 is 2.27 bits per heavy atom. The Balaban J connectivity index is 1.87. The van der Waals surface area contributed by atoms with Gasteiger partial charge < -0.3 is 11.1 Å². The Hall–Kier alpha value is -0.860. The summed E-state index contributed by atoms with van der Waals surface area (Å²) in [5, 5.41) is 3.55. The van der Waals surface area contributed by atoms with Crippen LogP contribution in [0.4, 0.5) is 0 Å². The first kappa shape index (κ1) is 10.7. The van der Waals surface area contributed by atoms with Gasteiger partial charge in [0, 0.05) is 18.6 Å². The van der Waals surface area contributed by atoms with E-state index in [1.807, 2.05) is 0 Å². The fraction of sp³-hybridized carbons (Fsp3) is 0.538. The number of benzene rings is 1. The average molecular weight is 204 g/mol. The number of hydrogen-bond acceptors (Lipinski definition) is 2. The zero-order valence-electron chi connectivity index (χ0n) is 9.37. The molecule has 1 aliphatic carbocycles. The summed E-state index contributed by atoms with van der Waals surface area (Å²) in [4.78, 5) is 0. The van der Waals surface area contributed by atoms with Crippen molar-refractivity contribution >= 4 is 0 Å². The minimum absolute atomic E-state index is 0.356. The molecule has 1 aromatic rings. The third kappa shape index (κ3) is 2.80. The molecule has 1 aromatic carbocycles. The van der Waals surface area contributed by atoms with Crippen LogP contribution in [0.1, 0.15) is 30.4 Å². The average Bonchev–Trinajstić information content (AvgIpc) is 2.61. The van der Waals surface area contributed by atoms with Crippen molar-refractivity contribution in [1.29, 1.82) is 0 Å². The van der Waals surface area contributed by atoms with Gasteiger partial charge in [-0.05, 0) is 25.3 Å². The van der Waals surface area contributed by atoms with Crippen molar-refractivity contribution in [3.8, 4) is 0 Å². The normalized spacial score (nSPS) is 25.7. The molecule has 2 atom stereocenters. The van der Waals surface area contributed by atoms with Gasteiger partial charge in [-0.1, -0.05) is 36.2 Å². The van der Waals surface area contributed by atoms with Crippen LogP contribution >= 0.6 is 0 Å². The molecule has 0 bridgehead atoms. The second kappa shape index (κ2) is 4.77. The molecule has 0 saturated heterocycles. The predicted molar refractivity (Wildman–Crippen MR) is 63.6 cm³/mol. The second-order valence-corrected chi connectivity index (χ2v) is 4.57. The molecule has 1 fully saturated rings. The van der Waals surface area contributed by atoms with E-state index in [9.17, 15) is 0 Å². The van der Waals surface area contributed by atoms with E-state index < -0.39 is 0 Å². The van der Waals surface area contributed by atoms with Gasteiger partial charge in [0.25, 0.3) is 0 Å². The van der Waals surface area contributed by atoms with Gasteiger partial charge in [-0.25, -0.2) is 0 Å². The number of hydrogen-bond donors (Lipinski definition) is 2. The molecule has 0 heterocycles. The number of aryl methyl sites for hydroxylation is 1. The van der Waals surface area contributed by atoms with Crippen molar-refractivity contribution in [1.82, 2.24) is 5.32 Å². The molecule has 2 heteroatoms. The summed E-state index contributed by atoms with van der Waals surface area (Å²) < 4.78 is 0. The Bertz CT molecular complexity index is 322. The highest BCUT2D eigenvalue weighted by atomic mass is 15.0. The summed E-state index contributed by atoms with van der Waals surface area (Å²) in [5.41, 5.74) is 8.69. The van der Waals surface area contributed by atoms with Crippen LogP contribution in [0.25, 0.3) is 0 Å². The van der Waals surface area contributed by atoms with E-state index in [0.29, 0.717) is 12.1 Å². The Labute approximate surface area is 91.9 Å². The summed E-state index contributed by atoms with van der Waals surface area (Å²) in [6, 6.07) is 9.51. The van der Waals surface area contributed by atoms with Crippen molar-refractivity contribution in [2.45, 2.75) is 44.8 Å². The molecule has 82 valence electrons. The molecule has 15 heavy (non-hydrogen) atoms. The standard InChI is InChI=1S/C13H20N2/c1-10-4-2-5-11(8-10)9-15-13-7-3-6-12(13)14/h2,4-5,8,12-13,15H,3,6-7,9,14H2,1H3. The lowest BCUT2D eigenvalue weighted by molar-refractivity contribution is 0.475. The molecule has 0 amide bonds. The Kier molecular flexibility index (Phi) is 3.39. The fourth-order valence-electron chi connectivity index (χ4n) is 2.31. The molecule has 0 aliphatic heterocycles. The van der Waals surface area contributed by atoms with Crippen LogP contribution < -0.4 is 11.1 Å². The van der Waals surface area contributed by atoms with Gasteiger partial charge in [0.15, 0.2) is 0 Å². The van der Waals surface area contributed by atoms with Crippen LogP contribution in [0.15, 0.2) is 24.3 Å². The van der Waals surface area contributed by atoms with E-state index in [1.54, 1.807) is 0 Å². The largest absolute Gasteiger partial charge is 0.326 e. The van der Waals surface area contributed by atoms with Crippen molar-refractivity contribution in [2.24, 2.45) is 5.73 Å². The minimum atomic E-state index is 0.356. The molecule has 0 radical (unpaired) electrons. The van der Waals surface area contributed by atoms with Crippen LogP contribution in [0.3, 0.4) is 0 Å². The molecule has 3 N–H and O–H groups in total. The van der Waals surface area contributed by atoms with Crippen LogP contribution in [-0.2, 0) is 6.54 Å². The maximum atomic E-state index is 6.01. The maximum absolute atomic E-state index is 6.01. The lowest BCUT2D eigenvalue weighted by atomic mass is 10.1. The zero-order valence-corrected chi connectivity index (χ0v) is 9.37. The van der Waals surface area contributed by atoms with E-state index >= 15 is 0 Å². The summed E-state index contributed by atoms with van der Waals surface area (Å²) >= 11 is 0. The summed E-state index contributed by atoms with van der Waals surface area (Å²) in [6.45, 7) is 3.07. The topological polar surface area (TPSA) is 38.0 Å². The van der Waals surface area contributed by atoms with E-state index in [2.05, 4.69) is 36.5 Å². The number of nitrogens with one attached hydrogen (secondary N) is 1. The van der Waals surface area contributed by atoms with Gasteiger partial charge >= 0.3 is 0 Å². The zero-order chi connectivity index (χ0) is 10.7. The number of nitrogens with two attached hydrogens (primary N) is 1.